The van der Waals surface area contributed by atoms with Crippen molar-refractivity contribution >= 4 is 22.9 Å². The summed E-state index contributed by atoms with van der Waals surface area (Å²) in [5.74, 6) is -1.70. The van der Waals surface area contributed by atoms with E-state index >= 15 is 0 Å². The van der Waals surface area contributed by atoms with Crippen molar-refractivity contribution in [2.45, 2.75) is 6.42 Å². The highest BCUT2D eigenvalue weighted by atomic mass is 32.2. The first-order chi connectivity index (χ1) is 7.50. The summed E-state index contributed by atoms with van der Waals surface area (Å²) in [7, 11) is 0. The molecule has 1 N–H and O–H groups in total. The van der Waals surface area contributed by atoms with Gasteiger partial charge in [0.2, 0.25) is 0 Å². The lowest BCUT2D eigenvalue weighted by atomic mass is 10.3. The molecule has 0 amide bonds. The normalized spacial score (nSPS) is 12.1. The van der Waals surface area contributed by atoms with E-state index < -0.39 is 23.1 Å². The molecule has 16 heavy (non-hydrogen) atoms. The van der Waals surface area contributed by atoms with Crippen LogP contribution in [0, 0.1) is 5.82 Å². The summed E-state index contributed by atoms with van der Waals surface area (Å²) < 4.78 is 35.3. The van der Waals surface area contributed by atoms with Crippen LogP contribution in [0.2, 0.25) is 0 Å². The first-order valence-electron chi connectivity index (χ1n) is 4.35. The Balaban J connectivity index is 2.85. The number of carboxylic acid groups (broad SMARTS) is 1. The van der Waals surface area contributed by atoms with Gasteiger partial charge in [0.25, 0.3) is 0 Å². The lowest BCUT2D eigenvalue weighted by molar-refractivity contribution is -0.136. The van der Waals surface area contributed by atoms with Crippen molar-refractivity contribution in [1.82, 2.24) is 0 Å². The third-order valence-electron chi connectivity index (χ3n) is 1.80. The number of carbonyl (C=O) groups is 1. The lowest BCUT2D eigenvalue weighted by Crippen LogP contribution is -2.28. The van der Waals surface area contributed by atoms with E-state index in [9.17, 15) is 17.9 Å². The summed E-state index contributed by atoms with van der Waals surface area (Å²) >= 11 is -2.63. The molecule has 0 aliphatic rings. The van der Waals surface area contributed by atoms with Gasteiger partial charge in [0.15, 0.2) is 0 Å². The van der Waals surface area contributed by atoms with Gasteiger partial charge in [-0.1, -0.05) is 6.07 Å². The maximum atomic E-state index is 12.8. The molecule has 0 bridgehead atoms. The van der Waals surface area contributed by atoms with Crippen molar-refractivity contribution < 1.29 is 23.1 Å². The lowest BCUT2D eigenvalue weighted by Gasteiger charge is -2.25. The van der Waals surface area contributed by atoms with Crippen molar-refractivity contribution in [3.63, 3.8) is 0 Å². The zero-order chi connectivity index (χ0) is 12.1. The van der Waals surface area contributed by atoms with Gasteiger partial charge in [-0.05, 0) is 18.2 Å². The van der Waals surface area contributed by atoms with Gasteiger partial charge in [-0.3, -0.25) is 9.00 Å². The molecule has 1 atom stereocenters. The summed E-state index contributed by atoms with van der Waals surface area (Å²) in [5, 5.41) is 8.44. The van der Waals surface area contributed by atoms with Crippen LogP contribution in [0.3, 0.4) is 0 Å². The third kappa shape index (κ3) is 3.59. The largest absolute Gasteiger partial charge is 0.755 e. The van der Waals surface area contributed by atoms with Gasteiger partial charge < -0.3 is 14.0 Å². The Bertz CT molecular complexity index is 412. The van der Waals surface area contributed by atoms with E-state index in [1.54, 1.807) is 0 Å². The van der Waals surface area contributed by atoms with Gasteiger partial charge in [0.05, 0.1) is 12.1 Å². The number of rotatable bonds is 5. The number of aliphatic carboxylic acids is 1. The molecule has 0 heterocycles. The fourth-order valence-corrected chi connectivity index (χ4v) is 1.64. The van der Waals surface area contributed by atoms with Crippen LogP contribution < -0.4 is 4.31 Å². The molecule has 1 aromatic rings. The average molecular weight is 246 g/mol. The standard InChI is InChI=1S/C9H10FNO4S/c10-7-2-1-3-8(6-7)11(16(14)15)5-4-9(12)13/h1-3,6H,4-5H2,(H,12,13)(H,14,15)/p-1. The molecule has 7 heteroatoms. The molecular weight excluding hydrogens is 237 g/mol. The molecule has 1 unspecified atom stereocenters. The molecule has 0 radical (unpaired) electrons. The van der Waals surface area contributed by atoms with E-state index in [1.807, 2.05) is 0 Å². The van der Waals surface area contributed by atoms with E-state index in [0.29, 0.717) is 0 Å². The molecule has 88 valence electrons. The molecule has 1 rings (SSSR count). The second-order valence-electron chi connectivity index (χ2n) is 2.94. The molecule has 1 aromatic carbocycles. The predicted molar refractivity (Wildman–Crippen MR) is 54.9 cm³/mol. The zero-order valence-electron chi connectivity index (χ0n) is 8.13. The first kappa shape index (κ1) is 12.6. The van der Waals surface area contributed by atoms with E-state index in [2.05, 4.69) is 0 Å². The zero-order valence-corrected chi connectivity index (χ0v) is 8.95. The maximum absolute atomic E-state index is 12.8. The van der Waals surface area contributed by atoms with Gasteiger partial charge in [-0.15, -0.1) is 0 Å². The fraction of sp³-hybridized carbons (Fsp3) is 0.222. The van der Waals surface area contributed by atoms with Crippen LogP contribution >= 0.6 is 0 Å². The summed E-state index contributed by atoms with van der Waals surface area (Å²) in [6.45, 7) is -0.227. The minimum absolute atomic E-state index is 0.106. The monoisotopic (exact) mass is 246 g/mol. The van der Waals surface area contributed by atoms with Crippen LogP contribution in [-0.2, 0) is 16.1 Å². The summed E-state index contributed by atoms with van der Waals surface area (Å²) in [6, 6.07) is 4.94. The Kier molecular flexibility index (Phi) is 4.39. The van der Waals surface area contributed by atoms with E-state index in [0.717, 1.165) is 10.4 Å². The number of hydrogen-bond acceptors (Lipinski definition) is 3. The topological polar surface area (TPSA) is 80.7 Å². The first-order valence-corrected chi connectivity index (χ1v) is 5.38. The highest BCUT2D eigenvalue weighted by Gasteiger charge is 2.09. The molecule has 0 saturated heterocycles. The highest BCUT2D eigenvalue weighted by Crippen LogP contribution is 2.16. The van der Waals surface area contributed by atoms with Crippen LogP contribution in [0.15, 0.2) is 24.3 Å². The number of hydrogen-bond donors (Lipinski definition) is 1. The van der Waals surface area contributed by atoms with Crippen molar-refractivity contribution in [2.24, 2.45) is 0 Å². The Hall–Kier alpha value is -1.47. The molecule has 0 aromatic heterocycles. The second-order valence-corrected chi connectivity index (χ2v) is 3.82. The van der Waals surface area contributed by atoms with Crippen LogP contribution in [0.1, 0.15) is 6.42 Å². The van der Waals surface area contributed by atoms with Crippen LogP contribution in [0.5, 0.6) is 0 Å². The molecule has 0 spiro atoms. The Morgan fingerprint density at radius 3 is 2.75 bits per heavy atom. The SMILES string of the molecule is O=C(O)CCN(c1cccc(F)c1)S(=O)[O-]. The number of benzene rings is 1. The smallest absolute Gasteiger partial charge is 0.305 e. The Labute approximate surface area is 93.9 Å². The molecular formula is C9H9FNO4S-. The molecule has 0 fully saturated rings. The van der Waals surface area contributed by atoms with Gasteiger partial charge in [0, 0.05) is 17.8 Å². The van der Waals surface area contributed by atoms with Crippen LogP contribution in [-0.4, -0.2) is 26.4 Å². The third-order valence-corrected chi connectivity index (χ3v) is 2.56. The highest BCUT2D eigenvalue weighted by molar-refractivity contribution is 7.80. The van der Waals surface area contributed by atoms with Crippen molar-refractivity contribution in [3.05, 3.63) is 30.1 Å². The Morgan fingerprint density at radius 1 is 1.56 bits per heavy atom. The number of carboxylic acids is 1. The van der Waals surface area contributed by atoms with E-state index in [-0.39, 0.29) is 18.7 Å². The molecule has 0 saturated carbocycles. The summed E-state index contributed by atoms with van der Waals surface area (Å²) in [6.07, 6.45) is -0.343. The summed E-state index contributed by atoms with van der Waals surface area (Å²) in [4.78, 5) is 10.3. The van der Waals surface area contributed by atoms with Crippen LogP contribution in [0.25, 0.3) is 0 Å². The second kappa shape index (κ2) is 5.57. The maximum Gasteiger partial charge on any atom is 0.305 e. The van der Waals surface area contributed by atoms with Gasteiger partial charge in [-0.2, -0.15) is 0 Å². The predicted octanol–water partition coefficient (Wildman–Crippen LogP) is 0.901. The van der Waals surface area contributed by atoms with Gasteiger partial charge in [-0.25, -0.2) is 4.39 Å². The average Bonchev–Trinajstić information content (AvgIpc) is 2.17. The van der Waals surface area contributed by atoms with Crippen molar-refractivity contribution in [1.29, 1.82) is 0 Å². The number of nitrogens with zero attached hydrogens (tertiary/aromatic N) is 1. The van der Waals surface area contributed by atoms with E-state index in [4.69, 9.17) is 5.11 Å². The summed E-state index contributed by atoms with van der Waals surface area (Å²) in [5.41, 5.74) is 0.106. The Morgan fingerprint density at radius 2 is 2.25 bits per heavy atom. The molecule has 5 nitrogen and oxygen atoms in total. The van der Waals surface area contributed by atoms with Crippen LogP contribution in [0.4, 0.5) is 10.1 Å². The van der Waals surface area contributed by atoms with E-state index in [1.165, 1.54) is 18.2 Å². The molecule has 0 aliphatic heterocycles. The molecule has 0 aliphatic carbocycles. The van der Waals surface area contributed by atoms with Crippen molar-refractivity contribution in [3.8, 4) is 0 Å². The quantitative estimate of drug-likeness (QED) is 0.783. The number of anilines is 1. The van der Waals surface area contributed by atoms with Crippen molar-refractivity contribution in [2.75, 3.05) is 10.8 Å². The minimum Gasteiger partial charge on any atom is -0.755 e. The van der Waals surface area contributed by atoms with Gasteiger partial charge >= 0.3 is 5.97 Å². The fourth-order valence-electron chi connectivity index (χ4n) is 1.12. The minimum atomic E-state index is -2.63. The van der Waals surface area contributed by atoms with Gasteiger partial charge in [0.1, 0.15) is 5.82 Å². The number of halogens is 1.